The predicted octanol–water partition coefficient (Wildman–Crippen LogP) is 3.99. The standard InChI is InChI=1S/C22H16ClNO7/c1-29-21(27)13-2-5-15(6-3-13)24-20(26)12-30-22(28)17-10-14(4-8-18(17)23)19-9-7-16(11-25)31-19/h2-11H,12H2,1H3,(H,24,26). The van der Waals surface area contributed by atoms with Gasteiger partial charge in [-0.3, -0.25) is 9.59 Å². The number of hydrogen-bond acceptors (Lipinski definition) is 7. The Labute approximate surface area is 181 Å². The van der Waals surface area contributed by atoms with Gasteiger partial charge in [0, 0.05) is 11.3 Å². The lowest BCUT2D eigenvalue weighted by molar-refractivity contribution is -0.119. The molecule has 0 fully saturated rings. The molecular formula is C22H16ClNO7. The molecule has 0 aliphatic rings. The minimum absolute atomic E-state index is 0.0402. The zero-order valence-electron chi connectivity index (χ0n) is 16.2. The van der Waals surface area contributed by atoms with Crippen LogP contribution in [0.5, 0.6) is 0 Å². The molecule has 0 spiro atoms. The van der Waals surface area contributed by atoms with Crippen LogP contribution in [0.2, 0.25) is 5.02 Å². The molecule has 0 atom stereocenters. The molecule has 3 aromatic rings. The monoisotopic (exact) mass is 441 g/mol. The summed E-state index contributed by atoms with van der Waals surface area (Å²) in [5, 5.41) is 2.68. The molecule has 1 heterocycles. The summed E-state index contributed by atoms with van der Waals surface area (Å²) in [7, 11) is 1.27. The molecule has 0 aliphatic heterocycles. The third-order valence-corrected chi connectivity index (χ3v) is 4.47. The van der Waals surface area contributed by atoms with E-state index in [4.69, 9.17) is 20.8 Å². The van der Waals surface area contributed by atoms with Crippen molar-refractivity contribution >= 4 is 41.4 Å². The number of anilines is 1. The summed E-state index contributed by atoms with van der Waals surface area (Å²) in [4.78, 5) is 46.7. The number of halogens is 1. The van der Waals surface area contributed by atoms with Gasteiger partial charge in [0.2, 0.25) is 0 Å². The number of benzene rings is 2. The number of ether oxygens (including phenoxy) is 2. The average molecular weight is 442 g/mol. The van der Waals surface area contributed by atoms with Crippen molar-refractivity contribution in [3.8, 4) is 11.3 Å². The average Bonchev–Trinajstić information content (AvgIpc) is 3.27. The maximum absolute atomic E-state index is 12.4. The molecule has 0 saturated carbocycles. The number of carbonyl (C=O) groups excluding carboxylic acids is 4. The normalized spacial score (nSPS) is 10.3. The Balaban J connectivity index is 1.62. The fraction of sp³-hybridized carbons (Fsp3) is 0.0909. The molecular weight excluding hydrogens is 426 g/mol. The van der Waals surface area contributed by atoms with E-state index in [0.717, 1.165) is 0 Å². The Morgan fingerprint density at radius 3 is 2.42 bits per heavy atom. The van der Waals surface area contributed by atoms with Crippen LogP contribution < -0.4 is 5.32 Å². The van der Waals surface area contributed by atoms with Crippen LogP contribution in [-0.4, -0.2) is 37.8 Å². The second-order valence-electron chi connectivity index (χ2n) is 6.21. The fourth-order valence-electron chi connectivity index (χ4n) is 2.62. The highest BCUT2D eigenvalue weighted by Gasteiger charge is 2.16. The summed E-state index contributed by atoms with van der Waals surface area (Å²) in [6.45, 7) is -0.547. The predicted molar refractivity (Wildman–Crippen MR) is 111 cm³/mol. The van der Waals surface area contributed by atoms with E-state index in [9.17, 15) is 19.2 Å². The second-order valence-corrected chi connectivity index (χ2v) is 6.61. The lowest BCUT2D eigenvalue weighted by atomic mass is 10.1. The van der Waals surface area contributed by atoms with Gasteiger partial charge in [0.15, 0.2) is 18.7 Å². The molecule has 3 rings (SSSR count). The summed E-state index contributed by atoms with van der Waals surface area (Å²) in [5.74, 6) is -1.35. The number of amides is 1. The minimum atomic E-state index is -0.801. The molecule has 9 heteroatoms. The number of hydrogen-bond donors (Lipinski definition) is 1. The van der Waals surface area contributed by atoms with Crippen LogP contribution in [0.1, 0.15) is 31.3 Å². The second kappa shape index (κ2) is 9.73. The van der Waals surface area contributed by atoms with Gasteiger partial charge in [0.05, 0.1) is 23.3 Å². The van der Waals surface area contributed by atoms with Crippen molar-refractivity contribution in [3.63, 3.8) is 0 Å². The van der Waals surface area contributed by atoms with Crippen LogP contribution in [0.25, 0.3) is 11.3 Å². The Hall–Kier alpha value is -3.91. The van der Waals surface area contributed by atoms with Gasteiger partial charge in [0.1, 0.15) is 5.76 Å². The van der Waals surface area contributed by atoms with E-state index in [1.807, 2.05) is 0 Å². The van der Waals surface area contributed by atoms with Gasteiger partial charge in [-0.2, -0.15) is 0 Å². The van der Waals surface area contributed by atoms with Gasteiger partial charge in [-0.25, -0.2) is 9.59 Å². The number of carbonyl (C=O) groups is 4. The van der Waals surface area contributed by atoms with Crippen LogP contribution in [0.4, 0.5) is 5.69 Å². The summed E-state index contributed by atoms with van der Waals surface area (Å²) in [6, 6.07) is 13.6. The largest absolute Gasteiger partial charge is 0.465 e. The van der Waals surface area contributed by atoms with E-state index < -0.39 is 24.5 Å². The highest BCUT2D eigenvalue weighted by atomic mass is 35.5. The van der Waals surface area contributed by atoms with Crippen molar-refractivity contribution in [3.05, 3.63) is 76.5 Å². The maximum Gasteiger partial charge on any atom is 0.340 e. The van der Waals surface area contributed by atoms with E-state index in [1.54, 1.807) is 12.1 Å². The fourth-order valence-corrected chi connectivity index (χ4v) is 2.81. The smallest absolute Gasteiger partial charge is 0.340 e. The van der Waals surface area contributed by atoms with E-state index in [1.165, 1.54) is 49.6 Å². The molecule has 0 unspecified atom stereocenters. The number of rotatable bonds is 7. The first-order chi connectivity index (χ1) is 14.9. The Morgan fingerprint density at radius 2 is 1.77 bits per heavy atom. The molecule has 8 nitrogen and oxygen atoms in total. The molecule has 0 radical (unpaired) electrons. The van der Waals surface area contributed by atoms with E-state index >= 15 is 0 Å². The van der Waals surface area contributed by atoms with Gasteiger partial charge in [0.25, 0.3) is 5.91 Å². The number of furan rings is 1. The molecule has 2 aromatic carbocycles. The van der Waals surface area contributed by atoms with Crippen LogP contribution in [0.3, 0.4) is 0 Å². The van der Waals surface area contributed by atoms with Crippen molar-refractivity contribution in [2.24, 2.45) is 0 Å². The lowest BCUT2D eigenvalue weighted by Crippen LogP contribution is -2.21. The number of aldehydes is 1. The number of methoxy groups -OCH3 is 1. The van der Waals surface area contributed by atoms with E-state index in [0.29, 0.717) is 28.9 Å². The minimum Gasteiger partial charge on any atom is -0.465 e. The Kier molecular flexibility index (Phi) is 6.84. The van der Waals surface area contributed by atoms with Crippen LogP contribution >= 0.6 is 11.6 Å². The molecule has 1 amide bonds. The molecule has 1 aromatic heterocycles. The first-order valence-corrected chi connectivity index (χ1v) is 9.29. The van der Waals surface area contributed by atoms with Gasteiger partial charge >= 0.3 is 11.9 Å². The number of esters is 2. The van der Waals surface area contributed by atoms with Crippen LogP contribution in [0, 0.1) is 0 Å². The van der Waals surface area contributed by atoms with Gasteiger partial charge in [-0.15, -0.1) is 0 Å². The summed E-state index contributed by atoms with van der Waals surface area (Å²) >= 11 is 6.08. The topological polar surface area (TPSA) is 112 Å². The Bertz CT molecular complexity index is 1140. The highest BCUT2D eigenvalue weighted by molar-refractivity contribution is 6.33. The summed E-state index contributed by atoms with van der Waals surface area (Å²) < 4.78 is 15.0. The van der Waals surface area contributed by atoms with Crippen LogP contribution in [-0.2, 0) is 14.3 Å². The molecule has 158 valence electrons. The van der Waals surface area contributed by atoms with Crippen molar-refractivity contribution in [1.29, 1.82) is 0 Å². The zero-order valence-corrected chi connectivity index (χ0v) is 17.0. The summed E-state index contributed by atoms with van der Waals surface area (Å²) in [6.07, 6.45) is 0.566. The van der Waals surface area contributed by atoms with Crippen LogP contribution in [0.15, 0.2) is 59.0 Å². The van der Waals surface area contributed by atoms with Crippen molar-refractivity contribution in [2.75, 3.05) is 19.0 Å². The SMILES string of the molecule is COC(=O)c1ccc(NC(=O)COC(=O)c2cc(-c3ccc(C=O)o3)ccc2Cl)cc1. The van der Waals surface area contributed by atoms with Gasteiger partial charge in [-0.05, 0) is 54.6 Å². The lowest BCUT2D eigenvalue weighted by Gasteiger charge is -2.09. The van der Waals surface area contributed by atoms with Crippen molar-refractivity contribution in [1.82, 2.24) is 0 Å². The third-order valence-electron chi connectivity index (χ3n) is 4.14. The summed E-state index contributed by atoms with van der Waals surface area (Å²) in [5.41, 5.74) is 1.30. The van der Waals surface area contributed by atoms with Gasteiger partial charge < -0.3 is 19.2 Å². The Morgan fingerprint density at radius 1 is 1.03 bits per heavy atom. The van der Waals surface area contributed by atoms with Crippen molar-refractivity contribution in [2.45, 2.75) is 0 Å². The first-order valence-electron chi connectivity index (χ1n) is 8.91. The highest BCUT2D eigenvalue weighted by Crippen LogP contribution is 2.27. The first kappa shape index (κ1) is 21.8. The van der Waals surface area contributed by atoms with E-state index in [-0.39, 0.29) is 16.3 Å². The third kappa shape index (κ3) is 5.37. The molecule has 31 heavy (non-hydrogen) atoms. The number of nitrogens with one attached hydrogen (secondary N) is 1. The molecule has 0 saturated heterocycles. The zero-order chi connectivity index (χ0) is 22.4. The maximum atomic E-state index is 12.4. The quantitative estimate of drug-likeness (QED) is 0.435. The molecule has 0 bridgehead atoms. The molecule has 1 N–H and O–H groups in total. The van der Waals surface area contributed by atoms with Gasteiger partial charge in [-0.1, -0.05) is 11.6 Å². The molecule has 0 aliphatic carbocycles. The van der Waals surface area contributed by atoms with E-state index in [2.05, 4.69) is 10.1 Å². The van der Waals surface area contributed by atoms with Crippen molar-refractivity contribution < 1.29 is 33.1 Å².